The van der Waals surface area contributed by atoms with Gasteiger partial charge in [-0.1, -0.05) is 12.1 Å². The predicted octanol–water partition coefficient (Wildman–Crippen LogP) is 3.28. The molecular formula is C14H10O2S. The van der Waals surface area contributed by atoms with Gasteiger partial charge in [-0.2, -0.15) is 11.3 Å². The van der Waals surface area contributed by atoms with Crippen molar-refractivity contribution in [2.24, 2.45) is 0 Å². The van der Waals surface area contributed by atoms with E-state index in [1.807, 2.05) is 22.9 Å². The normalized spacial score (nSPS) is 16.5. The number of phenols is 1. The van der Waals surface area contributed by atoms with Gasteiger partial charge in [0.15, 0.2) is 5.78 Å². The number of thiophene rings is 1. The lowest BCUT2D eigenvalue weighted by molar-refractivity contribution is 0.104. The van der Waals surface area contributed by atoms with Gasteiger partial charge in [0.2, 0.25) is 0 Å². The van der Waals surface area contributed by atoms with Gasteiger partial charge in [-0.3, -0.25) is 4.79 Å². The van der Waals surface area contributed by atoms with Gasteiger partial charge in [0, 0.05) is 23.1 Å². The molecule has 0 saturated heterocycles. The van der Waals surface area contributed by atoms with Gasteiger partial charge in [0.05, 0.1) is 0 Å². The summed E-state index contributed by atoms with van der Waals surface area (Å²) in [6.07, 6.45) is 2.43. The number of carbonyl (C=O) groups excluding carboxylic acids is 1. The van der Waals surface area contributed by atoms with Crippen LogP contribution in [0.5, 0.6) is 5.75 Å². The minimum absolute atomic E-state index is 0.0297. The number of ketones is 1. The molecule has 17 heavy (non-hydrogen) atoms. The molecule has 1 aromatic carbocycles. The van der Waals surface area contributed by atoms with Crippen LogP contribution < -0.4 is 0 Å². The molecule has 0 radical (unpaired) electrons. The summed E-state index contributed by atoms with van der Waals surface area (Å²) < 4.78 is 0. The fraction of sp³-hybridized carbons (Fsp3) is 0.0714. The highest BCUT2D eigenvalue weighted by molar-refractivity contribution is 7.08. The van der Waals surface area contributed by atoms with Crippen molar-refractivity contribution in [3.05, 3.63) is 57.3 Å². The van der Waals surface area contributed by atoms with Gasteiger partial charge in [0.1, 0.15) is 5.75 Å². The summed E-state index contributed by atoms with van der Waals surface area (Å²) in [6, 6.07) is 7.08. The molecule has 1 aliphatic carbocycles. The Hall–Kier alpha value is -1.87. The average Bonchev–Trinajstić information content (AvgIpc) is 2.92. The molecule has 0 atom stereocenters. The minimum atomic E-state index is 0.0297. The molecule has 2 aromatic rings. The number of hydrogen-bond donors (Lipinski definition) is 1. The van der Waals surface area contributed by atoms with Crippen molar-refractivity contribution in [3.8, 4) is 5.75 Å². The number of benzene rings is 1. The lowest BCUT2D eigenvalue weighted by atomic mass is 10.1. The third kappa shape index (κ3) is 1.68. The van der Waals surface area contributed by atoms with Crippen LogP contribution in [0.4, 0.5) is 0 Å². The van der Waals surface area contributed by atoms with Crippen LogP contribution in [-0.2, 0) is 6.42 Å². The van der Waals surface area contributed by atoms with Crippen LogP contribution in [0.25, 0.3) is 6.08 Å². The van der Waals surface area contributed by atoms with Crippen molar-refractivity contribution < 1.29 is 9.90 Å². The monoisotopic (exact) mass is 242 g/mol. The number of carbonyl (C=O) groups is 1. The van der Waals surface area contributed by atoms with E-state index in [4.69, 9.17) is 0 Å². The molecule has 0 amide bonds. The molecular weight excluding hydrogens is 232 g/mol. The van der Waals surface area contributed by atoms with Gasteiger partial charge < -0.3 is 5.11 Å². The molecule has 1 aromatic heterocycles. The molecule has 3 heteroatoms. The molecule has 1 heterocycles. The van der Waals surface area contributed by atoms with Crippen LogP contribution in [0.1, 0.15) is 21.5 Å². The zero-order valence-corrected chi connectivity index (χ0v) is 9.83. The fourth-order valence-electron chi connectivity index (χ4n) is 2.09. The van der Waals surface area contributed by atoms with E-state index in [2.05, 4.69) is 0 Å². The molecule has 0 unspecified atom stereocenters. The van der Waals surface area contributed by atoms with Crippen molar-refractivity contribution in [2.75, 3.05) is 0 Å². The third-order valence-corrected chi connectivity index (χ3v) is 3.64. The van der Waals surface area contributed by atoms with Gasteiger partial charge in [0.25, 0.3) is 0 Å². The second-order valence-electron chi connectivity index (χ2n) is 4.04. The van der Waals surface area contributed by atoms with E-state index in [-0.39, 0.29) is 11.5 Å². The standard InChI is InChI=1S/C14H10O2S/c15-13-3-1-2-11-12(13)7-10(14(11)16)6-9-4-5-17-8-9/h1-6,8,15H,7H2/b10-6-. The van der Waals surface area contributed by atoms with E-state index in [0.29, 0.717) is 12.0 Å². The predicted molar refractivity (Wildman–Crippen MR) is 68.4 cm³/mol. The van der Waals surface area contributed by atoms with Gasteiger partial charge in [-0.05, 0) is 34.5 Å². The first kappa shape index (κ1) is 10.3. The molecule has 0 saturated carbocycles. The Morgan fingerprint density at radius 1 is 1.29 bits per heavy atom. The van der Waals surface area contributed by atoms with Crippen LogP contribution in [0.3, 0.4) is 0 Å². The van der Waals surface area contributed by atoms with E-state index in [0.717, 1.165) is 16.7 Å². The van der Waals surface area contributed by atoms with Crippen LogP contribution in [0.2, 0.25) is 0 Å². The van der Waals surface area contributed by atoms with E-state index in [1.54, 1.807) is 29.5 Å². The highest BCUT2D eigenvalue weighted by Gasteiger charge is 2.26. The maximum atomic E-state index is 12.1. The van der Waals surface area contributed by atoms with Crippen molar-refractivity contribution in [1.29, 1.82) is 0 Å². The topological polar surface area (TPSA) is 37.3 Å². The second-order valence-corrected chi connectivity index (χ2v) is 4.82. The largest absolute Gasteiger partial charge is 0.508 e. The van der Waals surface area contributed by atoms with Crippen LogP contribution >= 0.6 is 11.3 Å². The highest BCUT2D eigenvalue weighted by Crippen LogP contribution is 2.33. The summed E-state index contributed by atoms with van der Waals surface area (Å²) in [5, 5.41) is 13.7. The molecule has 0 bridgehead atoms. The number of hydrogen-bond acceptors (Lipinski definition) is 3. The first-order chi connectivity index (χ1) is 8.25. The third-order valence-electron chi connectivity index (χ3n) is 2.94. The molecule has 84 valence electrons. The Bertz CT molecular complexity index is 609. The first-order valence-corrected chi connectivity index (χ1v) is 6.28. The average molecular weight is 242 g/mol. The van der Waals surface area contributed by atoms with E-state index < -0.39 is 0 Å². The number of aromatic hydroxyl groups is 1. The van der Waals surface area contributed by atoms with Gasteiger partial charge >= 0.3 is 0 Å². The summed E-state index contributed by atoms with van der Waals surface area (Å²) in [5.41, 5.74) is 3.18. The minimum Gasteiger partial charge on any atom is -0.508 e. The lowest BCUT2D eigenvalue weighted by Gasteiger charge is -1.97. The Balaban J connectivity index is 2.05. The van der Waals surface area contributed by atoms with Crippen molar-refractivity contribution >= 4 is 23.2 Å². The Labute approximate surface area is 103 Å². The second kappa shape index (κ2) is 3.86. The summed E-state index contributed by atoms with van der Waals surface area (Å²) in [5.74, 6) is 0.242. The first-order valence-electron chi connectivity index (χ1n) is 5.34. The summed E-state index contributed by atoms with van der Waals surface area (Å²) >= 11 is 1.61. The number of allylic oxidation sites excluding steroid dienone is 1. The SMILES string of the molecule is O=C1/C(=C\c2ccsc2)Cc2c(O)cccc21. The molecule has 3 rings (SSSR count). The smallest absolute Gasteiger partial charge is 0.189 e. The Morgan fingerprint density at radius 3 is 2.88 bits per heavy atom. The van der Waals surface area contributed by atoms with Crippen LogP contribution in [0, 0.1) is 0 Å². The van der Waals surface area contributed by atoms with Crippen molar-refractivity contribution in [1.82, 2.24) is 0 Å². The number of phenolic OH excluding ortho intramolecular Hbond substituents is 1. The quantitative estimate of drug-likeness (QED) is 0.779. The van der Waals surface area contributed by atoms with Crippen LogP contribution in [0.15, 0.2) is 40.6 Å². The highest BCUT2D eigenvalue weighted by atomic mass is 32.1. The number of Topliss-reactive ketones (excluding diaryl/α,β-unsaturated/α-hetero) is 1. The molecule has 0 spiro atoms. The number of rotatable bonds is 1. The van der Waals surface area contributed by atoms with E-state index >= 15 is 0 Å². The zero-order valence-electron chi connectivity index (χ0n) is 9.01. The summed E-state index contributed by atoms with van der Waals surface area (Å²) in [6.45, 7) is 0. The Kier molecular flexibility index (Phi) is 2.34. The van der Waals surface area contributed by atoms with Crippen LogP contribution in [-0.4, -0.2) is 10.9 Å². The number of fused-ring (bicyclic) bond motifs is 1. The molecule has 1 aliphatic rings. The van der Waals surface area contributed by atoms with Gasteiger partial charge in [-0.25, -0.2) is 0 Å². The van der Waals surface area contributed by atoms with E-state index in [1.165, 1.54) is 0 Å². The van der Waals surface area contributed by atoms with Crippen molar-refractivity contribution in [2.45, 2.75) is 6.42 Å². The lowest BCUT2D eigenvalue weighted by Crippen LogP contribution is -1.94. The van der Waals surface area contributed by atoms with E-state index in [9.17, 15) is 9.90 Å². The summed E-state index contributed by atoms with van der Waals surface area (Å²) in [4.78, 5) is 12.1. The Morgan fingerprint density at radius 2 is 2.18 bits per heavy atom. The maximum Gasteiger partial charge on any atom is 0.189 e. The molecule has 1 N–H and O–H groups in total. The van der Waals surface area contributed by atoms with Crippen molar-refractivity contribution in [3.63, 3.8) is 0 Å². The molecule has 2 nitrogen and oxygen atoms in total. The maximum absolute atomic E-state index is 12.1. The molecule has 0 aliphatic heterocycles. The molecule has 0 fully saturated rings. The fourth-order valence-corrected chi connectivity index (χ4v) is 2.71. The zero-order chi connectivity index (χ0) is 11.8. The van der Waals surface area contributed by atoms with Gasteiger partial charge in [-0.15, -0.1) is 0 Å². The summed E-state index contributed by atoms with van der Waals surface area (Å²) in [7, 11) is 0.